The van der Waals surface area contributed by atoms with E-state index >= 15 is 0 Å². The maximum absolute atomic E-state index is 13.6. The van der Waals surface area contributed by atoms with Crippen molar-refractivity contribution < 1.29 is 9.18 Å². The zero-order valence-electron chi connectivity index (χ0n) is 13.3. The first kappa shape index (κ1) is 15.7. The molecule has 1 N–H and O–H groups in total. The Morgan fingerprint density at radius 3 is 2.83 bits per heavy atom. The molecule has 0 bridgehead atoms. The monoisotopic (exact) mass is 312 g/mol. The number of benzene rings is 1. The quantitative estimate of drug-likeness (QED) is 0.883. The summed E-state index contributed by atoms with van der Waals surface area (Å²) in [5.41, 5.74) is 2.65. The molecule has 1 aliphatic carbocycles. The van der Waals surface area contributed by atoms with Gasteiger partial charge in [0.25, 0.3) is 0 Å². The summed E-state index contributed by atoms with van der Waals surface area (Å²) in [5, 5.41) is 3.09. The van der Waals surface area contributed by atoms with Crippen LogP contribution >= 0.6 is 0 Å². The fraction of sp³-hybridized carbons (Fsp3) is 0.368. The lowest BCUT2D eigenvalue weighted by molar-refractivity contribution is -0.122. The lowest BCUT2D eigenvalue weighted by Gasteiger charge is -2.18. The van der Waals surface area contributed by atoms with Crippen LogP contribution in [0.4, 0.5) is 4.39 Å². The number of carbonyl (C=O) groups excluding carboxylic acids is 1. The van der Waals surface area contributed by atoms with Gasteiger partial charge in [0.05, 0.1) is 11.7 Å². The Morgan fingerprint density at radius 1 is 1.35 bits per heavy atom. The molecule has 1 amide bonds. The normalized spacial score (nSPS) is 15.2. The molecule has 0 aliphatic heterocycles. The van der Waals surface area contributed by atoms with Crippen molar-refractivity contribution in [1.82, 2.24) is 10.3 Å². The molecule has 1 fully saturated rings. The number of rotatable bonds is 6. The van der Waals surface area contributed by atoms with Gasteiger partial charge in [-0.1, -0.05) is 18.2 Å². The zero-order chi connectivity index (χ0) is 16.2. The fourth-order valence-electron chi connectivity index (χ4n) is 2.79. The van der Waals surface area contributed by atoms with E-state index in [4.69, 9.17) is 0 Å². The molecule has 1 aliphatic rings. The first-order chi connectivity index (χ1) is 11.1. The highest BCUT2D eigenvalue weighted by Gasteiger charge is 2.34. The van der Waals surface area contributed by atoms with Crippen LogP contribution < -0.4 is 5.32 Å². The third-order valence-electron chi connectivity index (χ3n) is 4.24. The van der Waals surface area contributed by atoms with Gasteiger partial charge in [-0.2, -0.15) is 0 Å². The number of nitrogens with zero attached hydrogens (tertiary/aromatic N) is 1. The molecular formula is C19H21FN2O. The molecule has 0 radical (unpaired) electrons. The molecule has 1 saturated carbocycles. The van der Waals surface area contributed by atoms with Crippen molar-refractivity contribution >= 4 is 5.91 Å². The smallest absolute Gasteiger partial charge is 0.220 e. The average molecular weight is 312 g/mol. The van der Waals surface area contributed by atoms with Crippen LogP contribution in [-0.2, 0) is 11.2 Å². The summed E-state index contributed by atoms with van der Waals surface area (Å²) in [6, 6.07) is 10.6. The van der Waals surface area contributed by atoms with Gasteiger partial charge in [0, 0.05) is 12.6 Å². The van der Waals surface area contributed by atoms with E-state index in [0.29, 0.717) is 17.9 Å². The summed E-state index contributed by atoms with van der Waals surface area (Å²) in [5.74, 6) is 0.176. The molecule has 1 atom stereocenters. The number of aryl methyl sites for hydroxylation is 2. The van der Waals surface area contributed by atoms with Crippen molar-refractivity contribution in [2.75, 3.05) is 0 Å². The van der Waals surface area contributed by atoms with Gasteiger partial charge in [-0.05, 0) is 61.4 Å². The molecule has 1 heterocycles. The molecule has 4 heteroatoms. The van der Waals surface area contributed by atoms with Gasteiger partial charge >= 0.3 is 0 Å². The van der Waals surface area contributed by atoms with Crippen molar-refractivity contribution in [3.05, 3.63) is 65.2 Å². The molecule has 3 nitrogen and oxygen atoms in total. The van der Waals surface area contributed by atoms with Crippen LogP contribution in [-0.4, -0.2) is 10.9 Å². The highest BCUT2D eigenvalue weighted by molar-refractivity contribution is 5.76. The maximum atomic E-state index is 13.6. The van der Waals surface area contributed by atoms with E-state index < -0.39 is 0 Å². The Morgan fingerprint density at radius 2 is 2.13 bits per heavy atom. The molecule has 3 rings (SSSR count). The minimum atomic E-state index is -0.251. The topological polar surface area (TPSA) is 42.0 Å². The van der Waals surface area contributed by atoms with E-state index in [1.807, 2.05) is 19.1 Å². The number of hydrogen-bond donors (Lipinski definition) is 1. The predicted molar refractivity (Wildman–Crippen MR) is 87.3 cm³/mol. The van der Waals surface area contributed by atoms with Gasteiger partial charge < -0.3 is 5.32 Å². The average Bonchev–Trinajstić information content (AvgIpc) is 3.36. The molecule has 120 valence electrons. The number of pyridine rings is 1. The van der Waals surface area contributed by atoms with Crippen LogP contribution in [0.2, 0.25) is 0 Å². The summed E-state index contributed by atoms with van der Waals surface area (Å²) >= 11 is 0. The SMILES string of the molecule is Cc1ccnc([C@@H](NC(=O)CCc2ccccc2F)C2CC2)c1. The van der Waals surface area contributed by atoms with Gasteiger partial charge in [0.2, 0.25) is 5.91 Å². The van der Waals surface area contributed by atoms with E-state index in [2.05, 4.69) is 10.3 Å². The number of hydrogen-bond acceptors (Lipinski definition) is 2. The van der Waals surface area contributed by atoms with Crippen LogP contribution in [0.5, 0.6) is 0 Å². The lowest BCUT2D eigenvalue weighted by Crippen LogP contribution is -2.30. The highest BCUT2D eigenvalue weighted by Crippen LogP contribution is 2.40. The maximum Gasteiger partial charge on any atom is 0.220 e. The zero-order valence-corrected chi connectivity index (χ0v) is 13.3. The standard InChI is InChI=1S/C19H21FN2O/c1-13-10-11-21-17(12-13)19(15-6-7-15)22-18(23)9-8-14-4-2-3-5-16(14)20/h2-5,10-12,15,19H,6-9H2,1H3,(H,22,23)/t19-/m0/s1. The van der Waals surface area contributed by atoms with Crippen LogP contribution in [0.1, 0.15) is 42.1 Å². The van der Waals surface area contributed by atoms with E-state index in [1.165, 1.54) is 6.07 Å². The van der Waals surface area contributed by atoms with Gasteiger partial charge in [-0.3, -0.25) is 9.78 Å². The Kier molecular flexibility index (Phi) is 4.70. The van der Waals surface area contributed by atoms with E-state index in [9.17, 15) is 9.18 Å². The molecule has 1 aromatic carbocycles. The first-order valence-corrected chi connectivity index (χ1v) is 8.09. The van der Waals surface area contributed by atoms with E-state index in [0.717, 1.165) is 24.1 Å². The summed E-state index contributed by atoms with van der Waals surface area (Å²) in [4.78, 5) is 16.7. The Hall–Kier alpha value is -2.23. The van der Waals surface area contributed by atoms with Crippen molar-refractivity contribution in [2.24, 2.45) is 5.92 Å². The molecule has 0 saturated heterocycles. The summed E-state index contributed by atoms with van der Waals surface area (Å²) < 4.78 is 13.6. The fourth-order valence-corrected chi connectivity index (χ4v) is 2.79. The van der Waals surface area contributed by atoms with E-state index in [-0.39, 0.29) is 24.2 Å². The molecule has 1 aromatic heterocycles. The van der Waals surface area contributed by atoms with Crippen molar-refractivity contribution in [3.63, 3.8) is 0 Å². The van der Waals surface area contributed by atoms with Crippen LogP contribution in [0, 0.1) is 18.7 Å². The molecule has 2 aromatic rings. The Balaban J connectivity index is 1.62. The molecular weight excluding hydrogens is 291 g/mol. The number of nitrogens with one attached hydrogen (secondary N) is 1. The van der Waals surface area contributed by atoms with Gasteiger partial charge in [-0.15, -0.1) is 0 Å². The second-order valence-corrected chi connectivity index (χ2v) is 6.23. The van der Waals surface area contributed by atoms with Gasteiger partial charge in [-0.25, -0.2) is 4.39 Å². The number of amides is 1. The lowest BCUT2D eigenvalue weighted by atomic mass is 10.0. The molecule has 23 heavy (non-hydrogen) atoms. The summed E-state index contributed by atoms with van der Waals surface area (Å²) in [6.45, 7) is 2.02. The minimum Gasteiger partial charge on any atom is -0.347 e. The Labute approximate surface area is 135 Å². The second-order valence-electron chi connectivity index (χ2n) is 6.23. The number of halogens is 1. The summed E-state index contributed by atoms with van der Waals surface area (Å²) in [6.07, 6.45) is 4.72. The summed E-state index contributed by atoms with van der Waals surface area (Å²) in [7, 11) is 0. The minimum absolute atomic E-state index is 0.0250. The van der Waals surface area contributed by atoms with Crippen LogP contribution in [0.15, 0.2) is 42.6 Å². The second kappa shape index (κ2) is 6.90. The van der Waals surface area contributed by atoms with Crippen molar-refractivity contribution in [2.45, 2.75) is 38.6 Å². The van der Waals surface area contributed by atoms with Gasteiger partial charge in [0.1, 0.15) is 5.82 Å². The van der Waals surface area contributed by atoms with Crippen LogP contribution in [0.25, 0.3) is 0 Å². The van der Waals surface area contributed by atoms with Crippen LogP contribution in [0.3, 0.4) is 0 Å². The Bertz CT molecular complexity index is 697. The number of aromatic nitrogens is 1. The largest absolute Gasteiger partial charge is 0.347 e. The van der Waals surface area contributed by atoms with Crippen molar-refractivity contribution in [3.8, 4) is 0 Å². The number of carbonyl (C=O) groups is 1. The molecule has 0 spiro atoms. The molecule has 0 unspecified atom stereocenters. The van der Waals surface area contributed by atoms with Crippen molar-refractivity contribution in [1.29, 1.82) is 0 Å². The van der Waals surface area contributed by atoms with E-state index in [1.54, 1.807) is 24.4 Å². The first-order valence-electron chi connectivity index (χ1n) is 8.09. The highest BCUT2D eigenvalue weighted by atomic mass is 19.1. The third-order valence-corrected chi connectivity index (χ3v) is 4.24. The third kappa shape index (κ3) is 4.15. The van der Waals surface area contributed by atoms with Gasteiger partial charge in [0.15, 0.2) is 0 Å². The predicted octanol–water partition coefficient (Wildman–Crippen LogP) is 3.73.